The van der Waals surface area contributed by atoms with Crippen LogP contribution < -0.4 is 0 Å². The molecule has 6 aromatic heterocycles. The normalized spacial score (nSPS) is 12.3. The van der Waals surface area contributed by atoms with Gasteiger partial charge in [-0.1, -0.05) is 188 Å². The van der Waals surface area contributed by atoms with E-state index in [-0.39, 0.29) is 0 Å². The fourth-order valence-corrected chi connectivity index (χ4v) is 16.1. The van der Waals surface area contributed by atoms with E-state index < -0.39 is 0 Å². The maximum atomic E-state index is 7.59. The van der Waals surface area contributed by atoms with Gasteiger partial charge in [-0.25, -0.2) is 0 Å². The van der Waals surface area contributed by atoms with E-state index in [9.17, 15) is 0 Å². The van der Waals surface area contributed by atoms with Crippen molar-refractivity contribution in [1.82, 2.24) is 18.3 Å². The van der Waals surface area contributed by atoms with Crippen molar-refractivity contribution in [2.45, 2.75) is 0 Å². The number of rotatable bonds is 7. The summed E-state index contributed by atoms with van der Waals surface area (Å²) in [5.74, 6) is 0. The van der Waals surface area contributed by atoms with E-state index in [2.05, 4.69) is 334 Å². The number of furan rings is 2. The third-order valence-corrected chi connectivity index (χ3v) is 20.1. The van der Waals surface area contributed by atoms with E-state index in [0.717, 1.165) is 171 Å². The van der Waals surface area contributed by atoms with Crippen molar-refractivity contribution < 1.29 is 8.83 Å². The Morgan fingerprint density at radius 3 is 0.979 bits per heavy atom. The first-order valence-corrected chi connectivity index (χ1v) is 32.2. The Balaban J connectivity index is 0.769. The van der Waals surface area contributed by atoms with Crippen molar-refractivity contribution in [2.75, 3.05) is 0 Å². The van der Waals surface area contributed by atoms with Crippen LogP contribution in [0.25, 0.3) is 198 Å². The van der Waals surface area contributed by atoms with Gasteiger partial charge in [0.05, 0.1) is 65.7 Å². The standard InChI is InChI=1S/C88H52N4O2/c1-6-20-53(21-7-1)56-36-44-73-69(50-56)80-76(89(73)59-24-10-3-11-25-59)47-41-65-66-42-48-77-81(86(66)93-85(65)80)70-51-57(54-22-8-2-9-23-54)37-45-75(70)91(77)62-39-34-55(35-40-62)58-38-46-74-71(52-58)82-78(90(74)60-26-12-4-13-27-60)49-43-68-79-63-30-16-17-31-64(63)84-83(88(79)94-87(68)82)67-32-18-19-33-72(67)92(84)61-28-14-5-15-29-61/h1-52H. The van der Waals surface area contributed by atoms with E-state index in [1.807, 2.05) is 0 Å². The molecule has 0 amide bonds. The molecule has 21 aromatic rings. The predicted octanol–water partition coefficient (Wildman–Crippen LogP) is 24.0. The van der Waals surface area contributed by atoms with Crippen LogP contribution in [0.3, 0.4) is 0 Å². The molecule has 0 fully saturated rings. The highest BCUT2D eigenvalue weighted by atomic mass is 16.3. The highest BCUT2D eigenvalue weighted by Crippen LogP contribution is 2.51. The number of para-hydroxylation sites is 4. The summed E-state index contributed by atoms with van der Waals surface area (Å²) in [4.78, 5) is 0. The van der Waals surface area contributed by atoms with Gasteiger partial charge in [0.15, 0.2) is 0 Å². The van der Waals surface area contributed by atoms with Crippen molar-refractivity contribution >= 4 is 142 Å². The van der Waals surface area contributed by atoms with Crippen LogP contribution in [0, 0.1) is 0 Å². The minimum absolute atomic E-state index is 0.878. The Bertz CT molecular complexity index is 6730. The van der Waals surface area contributed by atoms with Gasteiger partial charge in [0.25, 0.3) is 0 Å². The second-order valence-electron chi connectivity index (χ2n) is 25.0. The SMILES string of the molecule is c1ccc(-c2ccc3c(c2)c2c4oc5c(ccc6c5c5cc(-c7ccccc7)ccc5n6-c5ccc(-c6ccc7c(c6)c6c8oc9c(c%10ccccc%10c%10c9c9ccccc9n%10-c9ccccc9)c8ccc6n7-c6ccccc6)cc5)c4ccc2n3-c2ccccc2)cc1. The van der Waals surface area contributed by atoms with E-state index in [1.54, 1.807) is 0 Å². The molecule has 94 heavy (non-hydrogen) atoms. The summed E-state index contributed by atoms with van der Waals surface area (Å²) in [7, 11) is 0. The lowest BCUT2D eigenvalue weighted by molar-refractivity contribution is 0.676. The minimum atomic E-state index is 0.878. The molecule has 436 valence electrons. The second kappa shape index (κ2) is 19.4. The zero-order chi connectivity index (χ0) is 61.3. The Morgan fingerprint density at radius 1 is 0.170 bits per heavy atom. The van der Waals surface area contributed by atoms with Gasteiger partial charge in [0, 0.05) is 71.2 Å². The molecule has 0 saturated carbocycles. The van der Waals surface area contributed by atoms with Crippen LogP contribution in [-0.4, -0.2) is 18.3 Å². The summed E-state index contributed by atoms with van der Waals surface area (Å²) in [6.45, 7) is 0. The average Bonchev–Trinajstić information content (AvgIpc) is 1.54. The highest BCUT2D eigenvalue weighted by Gasteiger charge is 2.28. The average molecular weight is 1200 g/mol. The molecule has 6 heterocycles. The summed E-state index contributed by atoms with van der Waals surface area (Å²) >= 11 is 0. The first kappa shape index (κ1) is 51.1. The molecule has 0 aliphatic carbocycles. The van der Waals surface area contributed by atoms with Gasteiger partial charge in [0.2, 0.25) is 0 Å². The molecule has 21 rings (SSSR count). The van der Waals surface area contributed by atoms with Crippen molar-refractivity contribution in [3.05, 3.63) is 315 Å². The number of nitrogens with zero attached hydrogens (tertiary/aromatic N) is 4. The molecule has 0 N–H and O–H groups in total. The number of benzene rings is 15. The second-order valence-corrected chi connectivity index (χ2v) is 25.0. The zero-order valence-electron chi connectivity index (χ0n) is 50.6. The molecule has 15 aromatic carbocycles. The van der Waals surface area contributed by atoms with E-state index >= 15 is 0 Å². The van der Waals surface area contributed by atoms with Gasteiger partial charge in [-0.05, 0) is 166 Å². The van der Waals surface area contributed by atoms with Crippen molar-refractivity contribution in [2.24, 2.45) is 0 Å². The monoisotopic (exact) mass is 1200 g/mol. The third-order valence-electron chi connectivity index (χ3n) is 20.1. The molecule has 6 nitrogen and oxygen atoms in total. The molecule has 0 aliphatic heterocycles. The Labute approximate surface area is 537 Å². The number of hydrogen-bond donors (Lipinski definition) is 0. The predicted molar refractivity (Wildman–Crippen MR) is 392 cm³/mol. The molecular formula is C88H52N4O2. The lowest BCUT2D eigenvalue weighted by Crippen LogP contribution is -1.94. The molecule has 0 bridgehead atoms. The van der Waals surface area contributed by atoms with Crippen LogP contribution >= 0.6 is 0 Å². The van der Waals surface area contributed by atoms with Crippen molar-refractivity contribution in [3.63, 3.8) is 0 Å². The first-order chi connectivity index (χ1) is 46.7. The maximum absolute atomic E-state index is 7.59. The summed E-state index contributed by atoms with van der Waals surface area (Å²) in [6.07, 6.45) is 0. The molecule has 0 spiro atoms. The fraction of sp³-hybridized carbons (Fsp3) is 0. The van der Waals surface area contributed by atoms with Crippen LogP contribution in [0.2, 0.25) is 0 Å². The molecule has 6 heteroatoms. The van der Waals surface area contributed by atoms with Gasteiger partial charge < -0.3 is 27.1 Å². The topological polar surface area (TPSA) is 46.0 Å². The maximum Gasteiger partial charge on any atom is 0.146 e. The van der Waals surface area contributed by atoms with Crippen LogP contribution in [0.4, 0.5) is 0 Å². The van der Waals surface area contributed by atoms with Crippen LogP contribution in [-0.2, 0) is 0 Å². The summed E-state index contributed by atoms with van der Waals surface area (Å²) in [6, 6.07) is 115. The smallest absolute Gasteiger partial charge is 0.146 e. The van der Waals surface area contributed by atoms with Gasteiger partial charge >= 0.3 is 0 Å². The number of aromatic nitrogens is 4. The largest absolute Gasteiger partial charge is 0.455 e. The lowest BCUT2D eigenvalue weighted by atomic mass is 9.98. The van der Waals surface area contributed by atoms with Crippen LogP contribution in [0.5, 0.6) is 0 Å². The molecule has 0 aliphatic rings. The Hall–Kier alpha value is -12.6. The van der Waals surface area contributed by atoms with E-state index in [0.29, 0.717) is 0 Å². The molecule has 0 unspecified atom stereocenters. The fourth-order valence-electron chi connectivity index (χ4n) is 16.1. The minimum Gasteiger partial charge on any atom is -0.455 e. The molecular weight excluding hydrogens is 1140 g/mol. The third kappa shape index (κ3) is 7.13. The number of hydrogen-bond acceptors (Lipinski definition) is 2. The Kier molecular flexibility index (Phi) is 10.6. The lowest BCUT2D eigenvalue weighted by Gasteiger charge is -2.11. The van der Waals surface area contributed by atoms with Gasteiger partial charge in [-0.3, -0.25) is 0 Å². The quantitative estimate of drug-likeness (QED) is 0.160. The summed E-state index contributed by atoms with van der Waals surface area (Å²) < 4.78 is 24.7. The molecule has 0 saturated heterocycles. The van der Waals surface area contributed by atoms with Gasteiger partial charge in [-0.2, -0.15) is 0 Å². The Morgan fingerprint density at radius 2 is 0.500 bits per heavy atom. The van der Waals surface area contributed by atoms with Crippen LogP contribution in [0.15, 0.2) is 324 Å². The molecule has 0 radical (unpaired) electrons. The first-order valence-electron chi connectivity index (χ1n) is 32.2. The van der Waals surface area contributed by atoms with Crippen molar-refractivity contribution in [1.29, 1.82) is 0 Å². The van der Waals surface area contributed by atoms with Crippen molar-refractivity contribution in [3.8, 4) is 56.1 Å². The summed E-state index contributed by atoms with van der Waals surface area (Å²) in [5.41, 5.74) is 23.7. The zero-order valence-corrected chi connectivity index (χ0v) is 50.6. The van der Waals surface area contributed by atoms with E-state index in [4.69, 9.17) is 8.83 Å². The molecule has 0 atom stereocenters. The summed E-state index contributed by atoms with van der Waals surface area (Å²) in [5, 5.41) is 15.7. The number of fused-ring (bicyclic) bond motifs is 25. The van der Waals surface area contributed by atoms with Gasteiger partial charge in [-0.15, -0.1) is 0 Å². The van der Waals surface area contributed by atoms with Gasteiger partial charge in [0.1, 0.15) is 22.3 Å². The highest BCUT2D eigenvalue weighted by molar-refractivity contribution is 6.38. The van der Waals surface area contributed by atoms with E-state index in [1.165, 1.54) is 27.5 Å². The van der Waals surface area contributed by atoms with Crippen LogP contribution in [0.1, 0.15) is 0 Å².